The van der Waals surface area contributed by atoms with Crippen molar-refractivity contribution in [3.8, 4) is 5.75 Å². The van der Waals surface area contributed by atoms with Crippen LogP contribution >= 0.6 is 11.6 Å². The zero-order valence-electron chi connectivity index (χ0n) is 14.8. The van der Waals surface area contributed by atoms with Crippen LogP contribution in [0.2, 0.25) is 5.02 Å². The SMILES string of the molecule is Cc1cc(=O)oc2cc(OCC(=O)NCCC3=CCCCC3)c(Cl)cc12. The van der Waals surface area contributed by atoms with Crippen LogP contribution in [0.25, 0.3) is 11.0 Å². The Bertz CT molecular complexity index is 901. The van der Waals surface area contributed by atoms with Crippen LogP contribution in [0.15, 0.2) is 39.1 Å². The van der Waals surface area contributed by atoms with Crippen molar-refractivity contribution in [3.63, 3.8) is 0 Å². The van der Waals surface area contributed by atoms with E-state index in [1.165, 1.54) is 24.5 Å². The summed E-state index contributed by atoms with van der Waals surface area (Å²) in [4.78, 5) is 23.5. The lowest BCUT2D eigenvalue weighted by molar-refractivity contribution is -0.123. The van der Waals surface area contributed by atoms with Crippen LogP contribution < -0.4 is 15.7 Å². The predicted octanol–water partition coefficient (Wildman–Crippen LogP) is 4.14. The fourth-order valence-corrected chi connectivity index (χ4v) is 3.34. The molecule has 0 spiro atoms. The van der Waals surface area contributed by atoms with Crippen molar-refractivity contribution in [2.45, 2.75) is 39.0 Å². The Morgan fingerprint density at radius 3 is 2.92 bits per heavy atom. The number of fused-ring (bicyclic) bond motifs is 1. The maximum atomic E-state index is 12.0. The van der Waals surface area contributed by atoms with Crippen LogP contribution in [0.3, 0.4) is 0 Å². The molecule has 0 bridgehead atoms. The van der Waals surface area contributed by atoms with Gasteiger partial charge in [-0.2, -0.15) is 0 Å². The maximum Gasteiger partial charge on any atom is 0.336 e. The van der Waals surface area contributed by atoms with E-state index in [-0.39, 0.29) is 12.5 Å². The molecule has 0 saturated heterocycles. The van der Waals surface area contributed by atoms with Crippen molar-refractivity contribution in [1.82, 2.24) is 5.32 Å². The molecule has 0 fully saturated rings. The molecule has 1 aromatic carbocycles. The van der Waals surface area contributed by atoms with Crippen molar-refractivity contribution in [1.29, 1.82) is 0 Å². The van der Waals surface area contributed by atoms with Gasteiger partial charge in [0.2, 0.25) is 0 Å². The summed E-state index contributed by atoms with van der Waals surface area (Å²) in [6.45, 7) is 2.28. The highest BCUT2D eigenvalue weighted by atomic mass is 35.5. The molecule has 0 unspecified atom stereocenters. The number of rotatable bonds is 6. The molecule has 1 heterocycles. The first-order valence-electron chi connectivity index (χ1n) is 8.84. The third-order valence-electron chi connectivity index (χ3n) is 4.52. The summed E-state index contributed by atoms with van der Waals surface area (Å²) in [5, 5.41) is 3.97. The van der Waals surface area contributed by atoms with Crippen LogP contribution in [0.1, 0.15) is 37.7 Å². The number of ether oxygens (including phenoxy) is 1. The lowest BCUT2D eigenvalue weighted by atomic mass is 9.97. The van der Waals surface area contributed by atoms with E-state index in [1.54, 1.807) is 12.1 Å². The van der Waals surface area contributed by atoms with Gasteiger partial charge >= 0.3 is 5.63 Å². The number of halogens is 1. The molecule has 1 aromatic heterocycles. The monoisotopic (exact) mass is 375 g/mol. The van der Waals surface area contributed by atoms with Gasteiger partial charge in [0.05, 0.1) is 5.02 Å². The summed E-state index contributed by atoms with van der Waals surface area (Å²) >= 11 is 6.22. The molecule has 0 atom stereocenters. The average Bonchev–Trinajstić information content (AvgIpc) is 2.61. The zero-order valence-corrected chi connectivity index (χ0v) is 15.5. The maximum absolute atomic E-state index is 12.0. The minimum Gasteiger partial charge on any atom is -0.482 e. The van der Waals surface area contributed by atoms with Gasteiger partial charge < -0.3 is 14.5 Å². The van der Waals surface area contributed by atoms with Crippen LogP contribution in [-0.2, 0) is 4.79 Å². The summed E-state index contributed by atoms with van der Waals surface area (Å²) in [7, 11) is 0. The number of nitrogens with one attached hydrogen (secondary N) is 1. The van der Waals surface area contributed by atoms with Gasteiger partial charge in [-0.15, -0.1) is 0 Å². The first-order chi connectivity index (χ1) is 12.5. The van der Waals surface area contributed by atoms with Gasteiger partial charge in [0.15, 0.2) is 6.61 Å². The minimum atomic E-state index is -0.432. The highest BCUT2D eigenvalue weighted by Gasteiger charge is 2.11. The first kappa shape index (κ1) is 18.5. The van der Waals surface area contributed by atoms with Crippen LogP contribution in [0.5, 0.6) is 5.75 Å². The number of allylic oxidation sites excluding steroid dienone is 1. The van der Waals surface area contributed by atoms with Crippen molar-refractivity contribution >= 4 is 28.5 Å². The second-order valence-corrected chi connectivity index (χ2v) is 6.93. The second-order valence-electron chi connectivity index (χ2n) is 6.52. The molecule has 6 heteroatoms. The van der Waals surface area contributed by atoms with Crippen molar-refractivity contribution in [2.75, 3.05) is 13.2 Å². The second kappa shape index (κ2) is 8.41. The Morgan fingerprint density at radius 1 is 1.31 bits per heavy atom. The molecule has 1 aliphatic carbocycles. The van der Waals surface area contributed by atoms with E-state index in [0.717, 1.165) is 30.2 Å². The molecule has 5 nitrogen and oxygen atoms in total. The highest BCUT2D eigenvalue weighted by Crippen LogP contribution is 2.30. The topological polar surface area (TPSA) is 68.5 Å². The lowest BCUT2D eigenvalue weighted by Gasteiger charge is -2.13. The Balaban J connectivity index is 1.56. The molecule has 26 heavy (non-hydrogen) atoms. The standard InChI is InChI=1S/C20H22ClNO4/c1-13-9-20(24)26-17-11-18(16(21)10-15(13)17)25-12-19(23)22-8-7-14-5-3-2-4-6-14/h5,9-11H,2-4,6-8,12H2,1H3,(H,22,23). The number of benzene rings is 1. The molecule has 0 saturated carbocycles. The molecule has 1 aliphatic rings. The smallest absolute Gasteiger partial charge is 0.336 e. The van der Waals surface area contributed by atoms with Crippen LogP contribution in [0.4, 0.5) is 0 Å². The van der Waals surface area contributed by atoms with E-state index < -0.39 is 5.63 Å². The normalized spacial score (nSPS) is 14.2. The van der Waals surface area contributed by atoms with E-state index in [9.17, 15) is 9.59 Å². The zero-order chi connectivity index (χ0) is 18.5. The van der Waals surface area contributed by atoms with Gasteiger partial charge in [0.25, 0.3) is 5.91 Å². The third kappa shape index (κ3) is 4.67. The number of carbonyl (C=O) groups excluding carboxylic acids is 1. The Kier molecular flexibility index (Phi) is 5.99. The van der Waals surface area contributed by atoms with E-state index in [4.69, 9.17) is 20.8 Å². The summed E-state index contributed by atoms with van der Waals surface area (Å²) in [5.41, 5.74) is 2.15. The molecule has 138 valence electrons. The number of amides is 1. The molecule has 1 amide bonds. The number of hydrogen-bond donors (Lipinski definition) is 1. The molecule has 2 aromatic rings. The average molecular weight is 376 g/mol. The van der Waals surface area contributed by atoms with E-state index in [0.29, 0.717) is 22.9 Å². The first-order valence-corrected chi connectivity index (χ1v) is 9.22. The summed E-state index contributed by atoms with van der Waals surface area (Å²) in [5.74, 6) is 0.112. The number of aryl methyl sites for hydroxylation is 1. The van der Waals surface area contributed by atoms with Crippen molar-refractivity contribution < 1.29 is 13.9 Å². The Hall–Kier alpha value is -2.27. The number of hydrogen-bond acceptors (Lipinski definition) is 4. The lowest BCUT2D eigenvalue weighted by Crippen LogP contribution is -2.30. The predicted molar refractivity (Wildman–Crippen MR) is 102 cm³/mol. The van der Waals surface area contributed by atoms with Crippen LogP contribution in [0, 0.1) is 6.92 Å². The summed E-state index contributed by atoms with van der Waals surface area (Å²) < 4.78 is 10.7. The van der Waals surface area contributed by atoms with Gasteiger partial charge in [-0.3, -0.25) is 4.79 Å². The van der Waals surface area contributed by atoms with Gasteiger partial charge in [0, 0.05) is 24.1 Å². The van der Waals surface area contributed by atoms with Crippen LogP contribution in [-0.4, -0.2) is 19.1 Å². The molecule has 0 radical (unpaired) electrons. The molecule has 0 aliphatic heterocycles. The van der Waals surface area contributed by atoms with Gasteiger partial charge in [-0.1, -0.05) is 23.3 Å². The summed E-state index contributed by atoms with van der Waals surface area (Å²) in [6.07, 6.45) is 7.92. The molecule has 1 N–H and O–H groups in total. The summed E-state index contributed by atoms with van der Waals surface area (Å²) in [6, 6.07) is 4.64. The molecule has 3 rings (SSSR count). The van der Waals surface area contributed by atoms with E-state index in [1.807, 2.05) is 6.92 Å². The Morgan fingerprint density at radius 2 is 2.15 bits per heavy atom. The van der Waals surface area contributed by atoms with E-state index >= 15 is 0 Å². The van der Waals surface area contributed by atoms with Crippen molar-refractivity contribution in [2.24, 2.45) is 0 Å². The quantitative estimate of drug-likeness (QED) is 0.608. The Labute approximate surface area is 157 Å². The minimum absolute atomic E-state index is 0.139. The highest BCUT2D eigenvalue weighted by molar-refractivity contribution is 6.32. The largest absolute Gasteiger partial charge is 0.482 e. The molecular formula is C20H22ClNO4. The number of carbonyl (C=O) groups is 1. The van der Waals surface area contributed by atoms with Gasteiger partial charge in [-0.05, 0) is 50.7 Å². The van der Waals surface area contributed by atoms with Crippen molar-refractivity contribution in [3.05, 3.63) is 50.9 Å². The van der Waals surface area contributed by atoms with E-state index in [2.05, 4.69) is 11.4 Å². The fraction of sp³-hybridized carbons (Fsp3) is 0.400. The molecular weight excluding hydrogens is 354 g/mol. The van der Waals surface area contributed by atoms with Gasteiger partial charge in [0.1, 0.15) is 11.3 Å². The van der Waals surface area contributed by atoms with Gasteiger partial charge in [-0.25, -0.2) is 4.79 Å². The third-order valence-corrected chi connectivity index (χ3v) is 4.81. The fourth-order valence-electron chi connectivity index (χ4n) is 3.12.